The number of nitrogens with one attached hydrogen (secondary N) is 1. The van der Waals surface area contributed by atoms with Crippen molar-refractivity contribution < 1.29 is 15.1 Å². The van der Waals surface area contributed by atoms with E-state index >= 15 is 0 Å². The number of hydroxylamine groups is 1. The van der Waals surface area contributed by atoms with E-state index < -0.39 is 0 Å². The number of hydrogen-bond donors (Lipinski definition) is 3. The molecule has 0 spiro atoms. The van der Waals surface area contributed by atoms with E-state index in [-0.39, 0.29) is 5.91 Å². The first-order valence-electron chi connectivity index (χ1n) is 12.8. The van der Waals surface area contributed by atoms with Crippen LogP contribution in [-0.2, 0) is 4.79 Å². The van der Waals surface area contributed by atoms with Crippen LogP contribution in [0, 0.1) is 0 Å². The highest BCUT2D eigenvalue weighted by molar-refractivity contribution is 5.74. The second-order valence-corrected chi connectivity index (χ2v) is 8.79. The van der Waals surface area contributed by atoms with Crippen LogP contribution in [0.5, 0.6) is 0 Å². The number of amides is 1. The van der Waals surface area contributed by atoms with Crippen LogP contribution >= 0.6 is 0 Å². The van der Waals surface area contributed by atoms with E-state index in [1.165, 1.54) is 122 Å². The first kappa shape index (κ1) is 28.4. The zero-order chi connectivity index (χ0) is 21.3. The summed E-state index contributed by atoms with van der Waals surface area (Å²) in [6.07, 6.45) is 29.4. The summed E-state index contributed by atoms with van der Waals surface area (Å²) in [6.45, 7) is 0.359. The fraction of sp³-hybridized carbons (Fsp3) is 0.960. The van der Waals surface area contributed by atoms with Crippen LogP contribution in [0.4, 0.5) is 0 Å². The first-order chi connectivity index (χ1) is 14.3. The number of carbonyl (C=O) groups is 1. The molecule has 0 aromatic rings. The SMILES string of the molecule is O=C(CCCCCCCCCCCCCCCCCCCCCCCCO)NO. The van der Waals surface area contributed by atoms with Crippen molar-refractivity contribution in [3.05, 3.63) is 0 Å². The van der Waals surface area contributed by atoms with Gasteiger partial charge in [-0.05, 0) is 12.8 Å². The van der Waals surface area contributed by atoms with Gasteiger partial charge in [0, 0.05) is 13.0 Å². The molecule has 0 unspecified atom stereocenters. The minimum Gasteiger partial charge on any atom is -0.396 e. The van der Waals surface area contributed by atoms with Gasteiger partial charge in [0.2, 0.25) is 5.91 Å². The fourth-order valence-corrected chi connectivity index (χ4v) is 3.99. The Labute approximate surface area is 181 Å². The van der Waals surface area contributed by atoms with Gasteiger partial charge in [-0.2, -0.15) is 0 Å². The molecule has 0 saturated carbocycles. The van der Waals surface area contributed by atoms with Gasteiger partial charge in [0.1, 0.15) is 0 Å². The second kappa shape index (κ2) is 25.4. The predicted octanol–water partition coefficient (Wildman–Crippen LogP) is 7.46. The number of aliphatic hydroxyl groups excluding tert-OH is 1. The zero-order valence-corrected chi connectivity index (χ0v) is 19.3. The average molecular weight is 414 g/mol. The molecule has 0 saturated heterocycles. The topological polar surface area (TPSA) is 69.6 Å². The third-order valence-electron chi connectivity index (χ3n) is 5.94. The summed E-state index contributed by atoms with van der Waals surface area (Å²) >= 11 is 0. The molecule has 0 aliphatic carbocycles. The van der Waals surface area contributed by atoms with Crippen LogP contribution in [-0.4, -0.2) is 22.8 Å². The van der Waals surface area contributed by atoms with Crippen molar-refractivity contribution in [1.29, 1.82) is 0 Å². The monoisotopic (exact) mass is 413 g/mol. The van der Waals surface area contributed by atoms with Crippen LogP contribution in [0.15, 0.2) is 0 Å². The highest BCUT2D eigenvalue weighted by atomic mass is 16.5. The molecule has 0 bridgehead atoms. The van der Waals surface area contributed by atoms with Gasteiger partial charge in [-0.3, -0.25) is 10.0 Å². The maximum Gasteiger partial charge on any atom is 0.243 e. The lowest BCUT2D eigenvalue weighted by atomic mass is 10.0. The molecule has 0 aliphatic rings. The highest BCUT2D eigenvalue weighted by Gasteiger charge is 1.98. The molecule has 0 atom stereocenters. The summed E-state index contributed by atoms with van der Waals surface area (Å²) in [6, 6.07) is 0. The van der Waals surface area contributed by atoms with Crippen molar-refractivity contribution in [3.63, 3.8) is 0 Å². The Hall–Kier alpha value is -0.610. The van der Waals surface area contributed by atoms with Crippen LogP contribution in [0.25, 0.3) is 0 Å². The average Bonchev–Trinajstić information content (AvgIpc) is 2.74. The molecule has 4 heteroatoms. The van der Waals surface area contributed by atoms with Gasteiger partial charge >= 0.3 is 0 Å². The van der Waals surface area contributed by atoms with Crippen LogP contribution in [0.3, 0.4) is 0 Å². The molecule has 3 N–H and O–H groups in total. The number of aliphatic hydroxyl groups is 1. The third kappa shape index (κ3) is 25.4. The molecule has 29 heavy (non-hydrogen) atoms. The quantitative estimate of drug-likeness (QED) is 0.0873. The van der Waals surface area contributed by atoms with Gasteiger partial charge in [-0.25, -0.2) is 5.48 Å². The second-order valence-electron chi connectivity index (χ2n) is 8.79. The molecule has 0 fully saturated rings. The number of carbonyl (C=O) groups excluding carboxylic acids is 1. The minimum absolute atomic E-state index is 0.262. The summed E-state index contributed by atoms with van der Waals surface area (Å²) in [7, 11) is 0. The largest absolute Gasteiger partial charge is 0.396 e. The summed E-state index contributed by atoms with van der Waals surface area (Å²) < 4.78 is 0. The number of hydrogen-bond acceptors (Lipinski definition) is 3. The van der Waals surface area contributed by atoms with Gasteiger partial charge in [0.15, 0.2) is 0 Å². The molecule has 4 nitrogen and oxygen atoms in total. The van der Waals surface area contributed by atoms with Crippen molar-refractivity contribution in [2.45, 2.75) is 148 Å². The molecule has 174 valence electrons. The van der Waals surface area contributed by atoms with Crippen molar-refractivity contribution >= 4 is 5.91 Å². The van der Waals surface area contributed by atoms with E-state index in [1.54, 1.807) is 5.48 Å². The Kier molecular flexibility index (Phi) is 24.9. The summed E-state index contributed by atoms with van der Waals surface area (Å²) in [5.41, 5.74) is 1.69. The van der Waals surface area contributed by atoms with Crippen LogP contribution in [0.2, 0.25) is 0 Å². The molecule has 1 amide bonds. The summed E-state index contributed by atoms with van der Waals surface area (Å²) in [5, 5.41) is 17.1. The standard InChI is InChI=1S/C25H51NO3/c27-24-22-20-18-16-14-12-10-8-6-4-2-1-3-5-7-9-11-13-15-17-19-21-23-25(28)26-29/h27,29H,1-24H2,(H,26,28). The summed E-state index contributed by atoms with van der Waals surface area (Å²) in [4.78, 5) is 10.9. The molecular formula is C25H51NO3. The van der Waals surface area contributed by atoms with Crippen LogP contribution < -0.4 is 5.48 Å². The number of rotatable bonds is 24. The molecule has 0 aromatic heterocycles. The lowest BCUT2D eigenvalue weighted by molar-refractivity contribution is -0.129. The molecule has 0 heterocycles. The fourth-order valence-electron chi connectivity index (χ4n) is 3.99. The van der Waals surface area contributed by atoms with E-state index in [0.717, 1.165) is 19.3 Å². The van der Waals surface area contributed by atoms with E-state index in [2.05, 4.69) is 0 Å². The van der Waals surface area contributed by atoms with E-state index in [9.17, 15) is 4.79 Å². The Morgan fingerprint density at radius 2 is 0.690 bits per heavy atom. The Balaban J connectivity index is 3.01. The van der Waals surface area contributed by atoms with Crippen molar-refractivity contribution in [2.24, 2.45) is 0 Å². The number of unbranched alkanes of at least 4 members (excludes halogenated alkanes) is 21. The van der Waals surface area contributed by atoms with E-state index in [1.807, 2.05) is 0 Å². The van der Waals surface area contributed by atoms with E-state index in [4.69, 9.17) is 10.3 Å². The maximum atomic E-state index is 10.9. The van der Waals surface area contributed by atoms with Crippen molar-refractivity contribution in [1.82, 2.24) is 5.48 Å². The van der Waals surface area contributed by atoms with Crippen molar-refractivity contribution in [2.75, 3.05) is 6.61 Å². The van der Waals surface area contributed by atoms with Crippen LogP contribution in [0.1, 0.15) is 148 Å². The van der Waals surface area contributed by atoms with Crippen molar-refractivity contribution in [3.8, 4) is 0 Å². The normalized spacial score (nSPS) is 11.1. The molecule has 0 aliphatic heterocycles. The Morgan fingerprint density at radius 1 is 0.448 bits per heavy atom. The zero-order valence-electron chi connectivity index (χ0n) is 19.3. The first-order valence-corrected chi connectivity index (χ1v) is 12.8. The third-order valence-corrected chi connectivity index (χ3v) is 5.94. The smallest absolute Gasteiger partial charge is 0.243 e. The van der Waals surface area contributed by atoms with Gasteiger partial charge in [-0.15, -0.1) is 0 Å². The minimum atomic E-state index is -0.262. The van der Waals surface area contributed by atoms with Gasteiger partial charge in [-0.1, -0.05) is 128 Å². The molecule has 0 rings (SSSR count). The van der Waals surface area contributed by atoms with Gasteiger partial charge in [0.25, 0.3) is 0 Å². The van der Waals surface area contributed by atoms with Gasteiger partial charge in [0.05, 0.1) is 0 Å². The molecule has 0 aromatic carbocycles. The lowest BCUT2D eigenvalue weighted by Crippen LogP contribution is -2.17. The van der Waals surface area contributed by atoms with Gasteiger partial charge < -0.3 is 5.11 Å². The predicted molar refractivity (Wildman–Crippen MR) is 123 cm³/mol. The Bertz CT molecular complexity index is 323. The summed E-state index contributed by atoms with van der Waals surface area (Å²) in [5.74, 6) is -0.262. The lowest BCUT2D eigenvalue weighted by Gasteiger charge is -2.04. The maximum absolute atomic E-state index is 10.9. The van der Waals surface area contributed by atoms with E-state index in [0.29, 0.717) is 13.0 Å². The molecular weight excluding hydrogens is 362 g/mol. The molecule has 0 radical (unpaired) electrons. The Morgan fingerprint density at radius 3 is 0.931 bits per heavy atom. The highest BCUT2D eigenvalue weighted by Crippen LogP contribution is 2.15.